The van der Waals surface area contributed by atoms with E-state index in [1.165, 1.54) is 0 Å². The van der Waals surface area contributed by atoms with Crippen LogP contribution in [0.1, 0.15) is 0 Å². The largest absolute Gasteiger partial charge is 0.497 e. The van der Waals surface area contributed by atoms with Crippen LogP contribution in [-0.2, 0) is 0 Å². The van der Waals surface area contributed by atoms with Crippen LogP contribution in [0.5, 0.6) is 5.75 Å². The summed E-state index contributed by atoms with van der Waals surface area (Å²) in [6, 6.07) is 7.63. The molecule has 1 heterocycles. The number of nitrogens with one attached hydrogen (secondary N) is 1. The van der Waals surface area contributed by atoms with Crippen LogP contribution < -0.4 is 10.1 Å². The van der Waals surface area contributed by atoms with Gasteiger partial charge in [-0.05, 0) is 12.1 Å². The van der Waals surface area contributed by atoms with E-state index in [1.54, 1.807) is 19.6 Å². The van der Waals surface area contributed by atoms with Crippen LogP contribution >= 0.6 is 0 Å². The zero-order valence-electron chi connectivity index (χ0n) is 7.73. The van der Waals surface area contributed by atoms with Gasteiger partial charge in [-0.2, -0.15) is 0 Å². The fourth-order valence-corrected chi connectivity index (χ4v) is 1.13. The highest BCUT2D eigenvalue weighted by molar-refractivity contribution is 5.59. The molecule has 0 fully saturated rings. The summed E-state index contributed by atoms with van der Waals surface area (Å²) < 4.78 is 9.79. The lowest BCUT2D eigenvalue weighted by Crippen LogP contribution is -1.89. The van der Waals surface area contributed by atoms with E-state index in [0.29, 0.717) is 0 Å². The maximum Gasteiger partial charge on any atom is 0.147 e. The molecule has 72 valence electrons. The van der Waals surface area contributed by atoms with Gasteiger partial charge < -0.3 is 14.6 Å². The highest BCUT2D eigenvalue weighted by atomic mass is 16.5. The van der Waals surface area contributed by atoms with Gasteiger partial charge in [0, 0.05) is 11.8 Å². The highest BCUT2D eigenvalue weighted by Crippen LogP contribution is 2.20. The number of anilines is 2. The first-order valence-corrected chi connectivity index (χ1v) is 4.19. The molecule has 1 aromatic heterocycles. The minimum absolute atomic E-state index is 0.812. The Morgan fingerprint density at radius 3 is 3.00 bits per heavy atom. The van der Waals surface area contributed by atoms with Crippen molar-refractivity contribution in [2.24, 2.45) is 0 Å². The topological polar surface area (TPSA) is 47.3 Å². The fourth-order valence-electron chi connectivity index (χ4n) is 1.13. The van der Waals surface area contributed by atoms with Gasteiger partial charge in [0.2, 0.25) is 0 Å². The highest BCUT2D eigenvalue weighted by Gasteiger charge is 1.97. The summed E-state index contributed by atoms with van der Waals surface area (Å²) in [5.74, 6) is 0.812. The molecule has 4 heteroatoms. The van der Waals surface area contributed by atoms with Crippen molar-refractivity contribution >= 4 is 11.4 Å². The summed E-state index contributed by atoms with van der Waals surface area (Å²) in [7, 11) is 1.64. The second-order valence-electron chi connectivity index (χ2n) is 2.77. The van der Waals surface area contributed by atoms with Gasteiger partial charge in [0.15, 0.2) is 0 Å². The molecule has 0 radical (unpaired) electrons. The first-order chi connectivity index (χ1) is 6.88. The lowest BCUT2D eigenvalue weighted by atomic mass is 10.3. The van der Waals surface area contributed by atoms with Crippen molar-refractivity contribution in [3.63, 3.8) is 0 Å². The van der Waals surface area contributed by atoms with Crippen molar-refractivity contribution < 1.29 is 9.26 Å². The average molecular weight is 190 g/mol. The Labute approximate surface area is 81.5 Å². The van der Waals surface area contributed by atoms with Crippen molar-refractivity contribution in [3.05, 3.63) is 36.7 Å². The molecule has 0 saturated carbocycles. The zero-order chi connectivity index (χ0) is 9.80. The zero-order valence-corrected chi connectivity index (χ0v) is 7.73. The van der Waals surface area contributed by atoms with Gasteiger partial charge in [-0.25, -0.2) is 0 Å². The fraction of sp³-hybridized carbons (Fsp3) is 0.100. The van der Waals surface area contributed by atoms with Crippen molar-refractivity contribution in [1.82, 2.24) is 5.16 Å². The number of hydrogen-bond donors (Lipinski definition) is 1. The van der Waals surface area contributed by atoms with E-state index in [1.807, 2.05) is 24.3 Å². The molecule has 1 aromatic carbocycles. The molecule has 0 aliphatic heterocycles. The molecule has 0 aliphatic carbocycles. The van der Waals surface area contributed by atoms with Crippen LogP contribution in [0, 0.1) is 0 Å². The number of rotatable bonds is 3. The van der Waals surface area contributed by atoms with Gasteiger partial charge in [-0.15, -0.1) is 0 Å². The number of nitrogens with zero attached hydrogens (tertiary/aromatic N) is 1. The van der Waals surface area contributed by atoms with Crippen molar-refractivity contribution in [1.29, 1.82) is 0 Å². The third-order valence-electron chi connectivity index (χ3n) is 1.79. The summed E-state index contributed by atoms with van der Waals surface area (Å²) in [4.78, 5) is 0. The van der Waals surface area contributed by atoms with Crippen LogP contribution in [0.15, 0.2) is 41.2 Å². The number of benzene rings is 1. The van der Waals surface area contributed by atoms with E-state index < -0.39 is 0 Å². The molecule has 14 heavy (non-hydrogen) atoms. The molecule has 0 saturated heterocycles. The van der Waals surface area contributed by atoms with Gasteiger partial charge in [0.05, 0.1) is 19.0 Å². The maximum atomic E-state index is 5.09. The van der Waals surface area contributed by atoms with Gasteiger partial charge in [0.1, 0.15) is 12.0 Å². The average Bonchev–Trinajstić information content (AvgIpc) is 2.71. The number of hydrogen-bond acceptors (Lipinski definition) is 4. The number of aromatic nitrogens is 1. The summed E-state index contributed by atoms with van der Waals surface area (Å²) in [6.07, 6.45) is 3.15. The van der Waals surface area contributed by atoms with Gasteiger partial charge >= 0.3 is 0 Å². The Morgan fingerprint density at radius 2 is 2.29 bits per heavy atom. The molecule has 0 amide bonds. The van der Waals surface area contributed by atoms with Gasteiger partial charge in [0.25, 0.3) is 0 Å². The quantitative estimate of drug-likeness (QED) is 0.807. The predicted octanol–water partition coefficient (Wildman–Crippen LogP) is 2.43. The molecule has 2 aromatic rings. The molecule has 2 rings (SSSR count). The summed E-state index contributed by atoms with van der Waals surface area (Å²) >= 11 is 0. The molecule has 0 atom stereocenters. The molecule has 0 aliphatic rings. The van der Waals surface area contributed by atoms with E-state index in [9.17, 15) is 0 Å². The SMILES string of the molecule is COc1cccc(Nc2cnoc2)c1. The second-order valence-corrected chi connectivity index (χ2v) is 2.77. The lowest BCUT2D eigenvalue weighted by Gasteiger charge is -2.04. The Hall–Kier alpha value is -1.97. The molecular weight excluding hydrogens is 180 g/mol. The Morgan fingerprint density at radius 1 is 1.36 bits per heavy atom. The monoisotopic (exact) mass is 190 g/mol. The summed E-state index contributed by atoms with van der Waals surface area (Å²) in [5.41, 5.74) is 1.76. The first-order valence-electron chi connectivity index (χ1n) is 4.19. The Balaban J connectivity index is 2.17. The van der Waals surface area contributed by atoms with E-state index in [0.717, 1.165) is 17.1 Å². The lowest BCUT2D eigenvalue weighted by molar-refractivity contribution is 0.415. The normalized spacial score (nSPS) is 9.79. The molecule has 4 nitrogen and oxygen atoms in total. The van der Waals surface area contributed by atoms with Crippen LogP contribution in [0.25, 0.3) is 0 Å². The molecule has 1 N–H and O–H groups in total. The first kappa shape index (κ1) is 8.62. The van der Waals surface area contributed by atoms with Crippen LogP contribution in [0.2, 0.25) is 0 Å². The molecular formula is C10H10N2O2. The molecule has 0 bridgehead atoms. The third kappa shape index (κ3) is 1.85. The van der Waals surface area contributed by atoms with Crippen LogP contribution in [0.4, 0.5) is 11.4 Å². The van der Waals surface area contributed by atoms with Crippen molar-refractivity contribution in [3.8, 4) is 5.75 Å². The predicted molar refractivity (Wildman–Crippen MR) is 52.8 cm³/mol. The van der Waals surface area contributed by atoms with Gasteiger partial charge in [-0.1, -0.05) is 11.2 Å². The number of ether oxygens (including phenoxy) is 1. The van der Waals surface area contributed by atoms with Gasteiger partial charge in [-0.3, -0.25) is 0 Å². The number of methoxy groups -OCH3 is 1. The van der Waals surface area contributed by atoms with Crippen LogP contribution in [-0.4, -0.2) is 12.3 Å². The van der Waals surface area contributed by atoms with E-state index >= 15 is 0 Å². The molecule has 0 unspecified atom stereocenters. The van der Waals surface area contributed by atoms with E-state index in [4.69, 9.17) is 9.26 Å². The summed E-state index contributed by atoms with van der Waals surface area (Å²) in [5, 5.41) is 6.71. The minimum atomic E-state index is 0.812. The van der Waals surface area contributed by atoms with Crippen molar-refractivity contribution in [2.45, 2.75) is 0 Å². The minimum Gasteiger partial charge on any atom is -0.497 e. The third-order valence-corrected chi connectivity index (χ3v) is 1.79. The smallest absolute Gasteiger partial charge is 0.147 e. The standard InChI is InChI=1S/C10H10N2O2/c1-13-10-4-2-3-8(5-10)12-9-6-11-14-7-9/h2-7,12H,1H3. The molecule has 0 spiro atoms. The van der Waals surface area contributed by atoms with Crippen LogP contribution in [0.3, 0.4) is 0 Å². The maximum absolute atomic E-state index is 5.09. The van der Waals surface area contributed by atoms with E-state index in [-0.39, 0.29) is 0 Å². The Kier molecular flexibility index (Phi) is 2.36. The second kappa shape index (κ2) is 3.83. The van der Waals surface area contributed by atoms with Crippen molar-refractivity contribution in [2.75, 3.05) is 12.4 Å². The summed E-state index contributed by atoms with van der Waals surface area (Å²) in [6.45, 7) is 0. The Bertz CT molecular complexity index is 398. The van der Waals surface area contributed by atoms with E-state index in [2.05, 4.69) is 10.5 Å².